The van der Waals surface area contributed by atoms with Crippen molar-refractivity contribution in [1.29, 1.82) is 0 Å². The van der Waals surface area contributed by atoms with Crippen LogP contribution in [0.3, 0.4) is 0 Å². The summed E-state index contributed by atoms with van der Waals surface area (Å²) < 4.78 is 10.2. The van der Waals surface area contributed by atoms with Crippen LogP contribution < -0.4 is 15.8 Å². The van der Waals surface area contributed by atoms with Crippen molar-refractivity contribution in [2.45, 2.75) is 6.42 Å². The van der Waals surface area contributed by atoms with E-state index >= 15 is 0 Å². The molecule has 8 heteroatoms. The third kappa shape index (κ3) is 3.75. The summed E-state index contributed by atoms with van der Waals surface area (Å²) >= 11 is 1.34. The zero-order valence-corrected chi connectivity index (χ0v) is 15.1. The van der Waals surface area contributed by atoms with Gasteiger partial charge in [-0.25, -0.2) is 9.78 Å². The van der Waals surface area contributed by atoms with Crippen molar-refractivity contribution in [1.82, 2.24) is 9.97 Å². The van der Waals surface area contributed by atoms with Crippen LogP contribution in [0.15, 0.2) is 57.1 Å². The lowest BCUT2D eigenvalue weighted by Crippen LogP contribution is -2.14. The van der Waals surface area contributed by atoms with E-state index < -0.39 is 5.76 Å². The van der Waals surface area contributed by atoms with E-state index in [1.54, 1.807) is 19.2 Å². The van der Waals surface area contributed by atoms with E-state index in [1.165, 1.54) is 11.3 Å². The molecule has 7 nitrogen and oxygen atoms in total. The molecule has 0 spiro atoms. The van der Waals surface area contributed by atoms with Gasteiger partial charge in [-0.3, -0.25) is 9.78 Å². The molecule has 0 saturated carbocycles. The molecule has 4 rings (SSSR count). The van der Waals surface area contributed by atoms with Crippen LogP contribution in [-0.2, 0) is 11.2 Å². The molecule has 0 saturated heterocycles. The highest BCUT2D eigenvalue weighted by atomic mass is 32.1. The maximum atomic E-state index is 12.2. The minimum atomic E-state index is -0.494. The van der Waals surface area contributed by atoms with E-state index in [1.807, 2.05) is 35.7 Å². The topological polar surface area (TPSA) is 97.2 Å². The van der Waals surface area contributed by atoms with E-state index in [-0.39, 0.29) is 12.3 Å². The van der Waals surface area contributed by atoms with E-state index in [0.29, 0.717) is 21.9 Å². The molecule has 2 aromatic carbocycles. The predicted octanol–water partition coefficient (Wildman–Crippen LogP) is 3.43. The number of aromatic amines is 1. The predicted molar refractivity (Wildman–Crippen MR) is 103 cm³/mol. The van der Waals surface area contributed by atoms with E-state index in [4.69, 9.17) is 9.15 Å². The number of hydrogen-bond donors (Lipinski definition) is 2. The Bertz CT molecular complexity index is 1160. The lowest BCUT2D eigenvalue weighted by Gasteiger charge is -2.04. The first kappa shape index (κ1) is 17.0. The lowest BCUT2D eigenvalue weighted by molar-refractivity contribution is -0.115. The molecule has 0 bridgehead atoms. The van der Waals surface area contributed by atoms with Crippen LogP contribution in [0.1, 0.15) is 5.56 Å². The fraction of sp³-hybridized carbons (Fsp3) is 0.105. The summed E-state index contributed by atoms with van der Waals surface area (Å²) in [5, 5.41) is 5.16. The van der Waals surface area contributed by atoms with Crippen LogP contribution in [0.2, 0.25) is 0 Å². The van der Waals surface area contributed by atoms with Gasteiger partial charge in [-0.1, -0.05) is 18.2 Å². The number of H-pyrrole nitrogens is 1. The molecule has 0 fully saturated rings. The fourth-order valence-electron chi connectivity index (χ4n) is 2.66. The van der Waals surface area contributed by atoms with Crippen molar-refractivity contribution in [3.63, 3.8) is 0 Å². The Morgan fingerprint density at radius 3 is 2.85 bits per heavy atom. The second-order valence-corrected chi connectivity index (χ2v) is 6.69. The highest BCUT2D eigenvalue weighted by molar-refractivity contribution is 7.14. The Balaban J connectivity index is 1.46. The first-order chi connectivity index (χ1) is 13.1. The van der Waals surface area contributed by atoms with Gasteiger partial charge in [-0.2, -0.15) is 0 Å². The minimum absolute atomic E-state index is 0.145. The van der Waals surface area contributed by atoms with Crippen molar-refractivity contribution in [2.75, 3.05) is 12.4 Å². The van der Waals surface area contributed by atoms with Gasteiger partial charge in [0, 0.05) is 10.9 Å². The van der Waals surface area contributed by atoms with Crippen LogP contribution in [0.25, 0.3) is 22.4 Å². The number of amides is 1. The van der Waals surface area contributed by atoms with Crippen LogP contribution >= 0.6 is 11.3 Å². The molecule has 0 aliphatic rings. The standard InChI is InChI=1S/C19H15N3O4S/c1-25-13-5-2-11(3-6-13)8-17(23)22-18-20-15(10-27-18)12-4-7-14-16(9-12)26-19(24)21-14/h2-7,9-10H,8H2,1H3,(H,21,24)(H,20,22,23). The molecule has 0 atom stereocenters. The third-order valence-electron chi connectivity index (χ3n) is 3.99. The number of hydrogen-bond acceptors (Lipinski definition) is 6. The molecule has 2 heterocycles. The average Bonchev–Trinajstić information content (AvgIpc) is 3.27. The number of carbonyl (C=O) groups excluding carboxylic acids is 1. The Labute approximate surface area is 157 Å². The Kier molecular flexibility index (Phi) is 4.47. The number of nitrogens with zero attached hydrogens (tertiary/aromatic N) is 1. The molecule has 4 aromatic rings. The van der Waals surface area contributed by atoms with E-state index in [0.717, 1.165) is 16.9 Å². The van der Waals surface area contributed by atoms with Gasteiger partial charge in [0.1, 0.15) is 5.75 Å². The molecular formula is C19H15N3O4S. The number of fused-ring (bicyclic) bond motifs is 1. The maximum Gasteiger partial charge on any atom is 0.417 e. The summed E-state index contributed by atoms with van der Waals surface area (Å²) in [6.07, 6.45) is 0.249. The molecule has 0 aliphatic carbocycles. The van der Waals surface area contributed by atoms with Crippen molar-refractivity contribution in [3.05, 3.63) is 64.0 Å². The zero-order valence-electron chi connectivity index (χ0n) is 14.3. The number of ether oxygens (including phenoxy) is 1. The van der Waals surface area contributed by atoms with E-state index in [2.05, 4.69) is 15.3 Å². The quantitative estimate of drug-likeness (QED) is 0.552. The van der Waals surface area contributed by atoms with Crippen molar-refractivity contribution < 1.29 is 13.9 Å². The Hall–Kier alpha value is -3.39. The number of methoxy groups -OCH3 is 1. The number of carbonyl (C=O) groups is 1. The second-order valence-electron chi connectivity index (χ2n) is 5.84. The molecule has 2 N–H and O–H groups in total. The Morgan fingerprint density at radius 2 is 2.07 bits per heavy atom. The summed E-state index contributed by atoms with van der Waals surface area (Å²) in [6, 6.07) is 12.7. The van der Waals surface area contributed by atoms with Gasteiger partial charge in [0.15, 0.2) is 10.7 Å². The summed E-state index contributed by atoms with van der Waals surface area (Å²) in [4.78, 5) is 30.5. The number of benzene rings is 2. The number of nitrogens with one attached hydrogen (secondary N) is 2. The summed E-state index contributed by atoms with van der Waals surface area (Å²) in [5.41, 5.74) is 3.49. The molecular weight excluding hydrogens is 366 g/mol. The molecule has 27 heavy (non-hydrogen) atoms. The summed E-state index contributed by atoms with van der Waals surface area (Å²) in [7, 11) is 1.60. The first-order valence-corrected chi connectivity index (χ1v) is 9.00. The SMILES string of the molecule is COc1ccc(CC(=O)Nc2nc(-c3ccc4[nH]c(=O)oc4c3)cs2)cc1. The van der Waals surface area contributed by atoms with E-state index in [9.17, 15) is 9.59 Å². The van der Waals surface area contributed by atoms with Gasteiger partial charge in [0.2, 0.25) is 5.91 Å². The summed E-state index contributed by atoms with van der Waals surface area (Å²) in [6.45, 7) is 0. The number of anilines is 1. The first-order valence-electron chi connectivity index (χ1n) is 8.12. The number of rotatable bonds is 5. The molecule has 1 amide bonds. The number of oxazole rings is 1. The molecule has 2 aromatic heterocycles. The highest BCUT2D eigenvalue weighted by Gasteiger charge is 2.10. The van der Waals surface area contributed by atoms with Crippen LogP contribution in [0, 0.1) is 0 Å². The number of thiazole rings is 1. The van der Waals surface area contributed by atoms with Gasteiger partial charge in [-0.15, -0.1) is 11.3 Å². The zero-order chi connectivity index (χ0) is 18.8. The second kappa shape index (κ2) is 7.08. The van der Waals surface area contributed by atoms with Gasteiger partial charge < -0.3 is 14.5 Å². The highest BCUT2D eigenvalue weighted by Crippen LogP contribution is 2.27. The van der Waals surface area contributed by atoms with Crippen LogP contribution in [0.5, 0.6) is 5.75 Å². The third-order valence-corrected chi connectivity index (χ3v) is 4.75. The van der Waals surface area contributed by atoms with Crippen molar-refractivity contribution >= 4 is 33.5 Å². The van der Waals surface area contributed by atoms with Gasteiger partial charge >= 0.3 is 5.76 Å². The monoisotopic (exact) mass is 381 g/mol. The minimum Gasteiger partial charge on any atom is -0.497 e. The van der Waals surface area contributed by atoms with Gasteiger partial charge in [0.05, 0.1) is 24.7 Å². The van der Waals surface area contributed by atoms with Crippen LogP contribution in [0.4, 0.5) is 5.13 Å². The maximum absolute atomic E-state index is 12.2. The largest absolute Gasteiger partial charge is 0.497 e. The summed E-state index contributed by atoms with van der Waals surface area (Å²) in [5.74, 6) is 0.110. The Morgan fingerprint density at radius 1 is 1.26 bits per heavy atom. The molecule has 0 aliphatic heterocycles. The average molecular weight is 381 g/mol. The molecule has 0 unspecified atom stereocenters. The smallest absolute Gasteiger partial charge is 0.417 e. The number of aromatic nitrogens is 2. The van der Waals surface area contributed by atoms with Crippen molar-refractivity contribution in [3.8, 4) is 17.0 Å². The van der Waals surface area contributed by atoms with Gasteiger partial charge in [-0.05, 0) is 29.8 Å². The van der Waals surface area contributed by atoms with Crippen molar-refractivity contribution in [2.24, 2.45) is 0 Å². The fourth-order valence-corrected chi connectivity index (χ4v) is 3.40. The van der Waals surface area contributed by atoms with Crippen LogP contribution in [-0.4, -0.2) is 23.0 Å². The lowest BCUT2D eigenvalue weighted by atomic mass is 10.1. The molecule has 0 radical (unpaired) electrons. The normalized spacial score (nSPS) is 10.9. The molecule has 136 valence electrons. The van der Waals surface area contributed by atoms with Gasteiger partial charge in [0.25, 0.3) is 0 Å².